The van der Waals surface area contributed by atoms with Crippen LogP contribution in [0.4, 0.5) is 5.69 Å². The number of rotatable bonds is 4. The van der Waals surface area contributed by atoms with Crippen LogP contribution in [0.1, 0.15) is 28.7 Å². The van der Waals surface area contributed by atoms with Gasteiger partial charge in [0.2, 0.25) is 4.96 Å². The molecule has 0 spiro atoms. The highest BCUT2D eigenvalue weighted by molar-refractivity contribution is 9.10. The molecule has 2 heterocycles. The van der Waals surface area contributed by atoms with Crippen LogP contribution in [0, 0.1) is 6.92 Å². The summed E-state index contributed by atoms with van der Waals surface area (Å²) < 4.78 is 2.65. The van der Waals surface area contributed by atoms with Crippen LogP contribution in [-0.2, 0) is 6.42 Å². The van der Waals surface area contributed by atoms with Crippen molar-refractivity contribution in [3.8, 4) is 10.6 Å². The topological polar surface area (TPSA) is 72.2 Å². The van der Waals surface area contributed by atoms with Crippen molar-refractivity contribution in [3.05, 3.63) is 63.9 Å². The summed E-state index contributed by atoms with van der Waals surface area (Å²) in [6.45, 7) is 3.99. The van der Waals surface area contributed by atoms with Gasteiger partial charge < -0.3 is 5.32 Å². The van der Waals surface area contributed by atoms with E-state index < -0.39 is 0 Å². The second-order valence-corrected chi connectivity index (χ2v) is 7.94. The number of carbonyl (C=O) groups excluding carboxylic acids is 1. The summed E-state index contributed by atoms with van der Waals surface area (Å²) in [4.78, 5) is 13.3. The van der Waals surface area contributed by atoms with Crippen LogP contribution in [0.3, 0.4) is 0 Å². The first-order valence-corrected chi connectivity index (χ1v) is 10.0. The number of amides is 1. The molecule has 0 fully saturated rings. The van der Waals surface area contributed by atoms with Crippen LogP contribution < -0.4 is 5.32 Å². The van der Waals surface area contributed by atoms with Crippen molar-refractivity contribution in [2.24, 2.45) is 0 Å². The lowest BCUT2D eigenvalue weighted by Crippen LogP contribution is -2.12. The Kier molecular flexibility index (Phi) is 4.75. The Hall–Kier alpha value is -2.58. The van der Waals surface area contributed by atoms with E-state index in [9.17, 15) is 4.79 Å². The quantitative estimate of drug-likeness (QED) is 0.496. The number of carbonyl (C=O) groups is 1. The molecule has 0 atom stereocenters. The van der Waals surface area contributed by atoms with E-state index in [0.29, 0.717) is 5.56 Å². The van der Waals surface area contributed by atoms with Crippen molar-refractivity contribution >= 4 is 43.8 Å². The molecule has 6 nitrogen and oxygen atoms in total. The number of hydrogen-bond donors (Lipinski definition) is 1. The Morgan fingerprint density at radius 1 is 1.22 bits per heavy atom. The van der Waals surface area contributed by atoms with Gasteiger partial charge in [0.1, 0.15) is 5.01 Å². The van der Waals surface area contributed by atoms with Crippen LogP contribution in [0.25, 0.3) is 15.5 Å². The third-order valence-electron chi connectivity index (χ3n) is 4.19. The zero-order valence-electron chi connectivity index (χ0n) is 14.7. The van der Waals surface area contributed by atoms with Crippen molar-refractivity contribution in [2.75, 3.05) is 5.32 Å². The highest BCUT2D eigenvalue weighted by Gasteiger charge is 2.14. The standard InChI is InChI=1S/C19H16BrN5OS/c1-3-16-22-23-19-25(16)24-18(27-19)13-8-7-11(2)15(10-13)21-17(26)12-5-4-6-14(20)9-12/h4-10H,3H2,1-2H3,(H,21,26). The largest absolute Gasteiger partial charge is 0.322 e. The van der Waals surface area contributed by atoms with E-state index in [0.717, 1.165) is 43.5 Å². The Morgan fingerprint density at radius 2 is 2.07 bits per heavy atom. The minimum Gasteiger partial charge on any atom is -0.322 e. The predicted octanol–water partition coefficient (Wildman–Crippen LogP) is 4.74. The van der Waals surface area contributed by atoms with Gasteiger partial charge in [0.05, 0.1) is 0 Å². The Bertz CT molecular complexity index is 1150. The fraction of sp³-hybridized carbons (Fsp3) is 0.158. The van der Waals surface area contributed by atoms with Crippen molar-refractivity contribution < 1.29 is 4.79 Å². The lowest BCUT2D eigenvalue weighted by molar-refractivity contribution is 0.102. The summed E-state index contributed by atoms with van der Waals surface area (Å²) in [5.74, 6) is 0.686. The van der Waals surface area contributed by atoms with Crippen molar-refractivity contribution in [1.82, 2.24) is 19.8 Å². The van der Waals surface area contributed by atoms with Gasteiger partial charge in [0.15, 0.2) is 5.82 Å². The average molecular weight is 442 g/mol. The molecule has 0 radical (unpaired) electrons. The van der Waals surface area contributed by atoms with Crippen molar-refractivity contribution in [1.29, 1.82) is 0 Å². The minimum atomic E-state index is -0.150. The Balaban J connectivity index is 1.66. The number of fused-ring (bicyclic) bond motifs is 1. The van der Waals surface area contributed by atoms with Crippen LogP contribution in [0.5, 0.6) is 0 Å². The molecule has 8 heteroatoms. The fourth-order valence-corrected chi connectivity index (χ4v) is 3.96. The van der Waals surface area contributed by atoms with Crippen LogP contribution >= 0.6 is 27.3 Å². The molecule has 0 aliphatic carbocycles. The van der Waals surface area contributed by atoms with E-state index in [1.807, 2.05) is 44.2 Å². The van der Waals surface area contributed by atoms with E-state index >= 15 is 0 Å². The van der Waals surface area contributed by atoms with E-state index in [1.165, 1.54) is 11.3 Å². The van der Waals surface area contributed by atoms with Gasteiger partial charge in [-0.3, -0.25) is 4.79 Å². The molecule has 1 N–H and O–H groups in total. The number of halogens is 1. The van der Waals surface area contributed by atoms with Gasteiger partial charge in [-0.2, -0.15) is 9.61 Å². The molecule has 1 amide bonds. The first-order chi connectivity index (χ1) is 13.0. The Morgan fingerprint density at radius 3 is 2.85 bits per heavy atom. The van der Waals surface area contributed by atoms with Gasteiger partial charge in [0, 0.05) is 27.7 Å². The van der Waals surface area contributed by atoms with E-state index in [1.54, 1.807) is 16.6 Å². The number of nitrogens with zero attached hydrogens (tertiary/aromatic N) is 4. The summed E-state index contributed by atoms with van der Waals surface area (Å²) in [5, 5.41) is 16.7. The maximum Gasteiger partial charge on any atom is 0.255 e. The molecule has 0 bridgehead atoms. The molecule has 4 rings (SSSR count). The monoisotopic (exact) mass is 441 g/mol. The zero-order valence-corrected chi connectivity index (χ0v) is 17.1. The van der Waals surface area contributed by atoms with Crippen LogP contribution in [0.2, 0.25) is 0 Å². The number of aromatic nitrogens is 4. The summed E-state index contributed by atoms with van der Waals surface area (Å²) >= 11 is 4.87. The fourth-order valence-electron chi connectivity index (χ4n) is 2.71. The molecular weight excluding hydrogens is 426 g/mol. The first kappa shape index (κ1) is 17.8. The third-order valence-corrected chi connectivity index (χ3v) is 5.63. The molecule has 0 aliphatic rings. The highest BCUT2D eigenvalue weighted by Crippen LogP contribution is 2.29. The maximum absolute atomic E-state index is 12.6. The van der Waals surface area contributed by atoms with Crippen LogP contribution in [0.15, 0.2) is 46.9 Å². The Labute approximate surface area is 168 Å². The first-order valence-electron chi connectivity index (χ1n) is 8.44. The molecule has 0 saturated heterocycles. The second kappa shape index (κ2) is 7.21. The van der Waals surface area contributed by atoms with Crippen LogP contribution in [-0.4, -0.2) is 25.7 Å². The summed E-state index contributed by atoms with van der Waals surface area (Å²) in [6, 6.07) is 13.2. The molecule has 27 heavy (non-hydrogen) atoms. The van der Waals surface area contributed by atoms with Gasteiger partial charge in [-0.05, 0) is 36.8 Å². The molecule has 0 aliphatic heterocycles. The van der Waals surface area contributed by atoms with Gasteiger partial charge in [-0.1, -0.05) is 52.4 Å². The number of benzene rings is 2. The zero-order chi connectivity index (χ0) is 19.0. The summed E-state index contributed by atoms with van der Waals surface area (Å²) in [7, 11) is 0. The van der Waals surface area contributed by atoms with Crippen molar-refractivity contribution in [3.63, 3.8) is 0 Å². The SMILES string of the molecule is CCc1nnc2sc(-c3ccc(C)c(NC(=O)c4cccc(Br)c4)c3)nn12. The molecule has 4 aromatic rings. The number of hydrogen-bond acceptors (Lipinski definition) is 5. The molecule has 0 saturated carbocycles. The van der Waals surface area contributed by atoms with Gasteiger partial charge in [-0.15, -0.1) is 10.2 Å². The molecule has 2 aromatic heterocycles. The van der Waals surface area contributed by atoms with E-state index in [4.69, 9.17) is 0 Å². The molecule has 136 valence electrons. The van der Waals surface area contributed by atoms with Crippen molar-refractivity contribution in [2.45, 2.75) is 20.3 Å². The molecule has 2 aromatic carbocycles. The molecule has 0 unspecified atom stereocenters. The number of nitrogens with one attached hydrogen (secondary N) is 1. The predicted molar refractivity (Wildman–Crippen MR) is 110 cm³/mol. The van der Waals surface area contributed by atoms with Gasteiger partial charge in [-0.25, -0.2) is 0 Å². The maximum atomic E-state index is 12.6. The smallest absolute Gasteiger partial charge is 0.255 e. The average Bonchev–Trinajstić information content (AvgIpc) is 3.24. The normalized spacial score (nSPS) is 11.1. The van der Waals surface area contributed by atoms with E-state index in [-0.39, 0.29) is 5.91 Å². The summed E-state index contributed by atoms with van der Waals surface area (Å²) in [5.41, 5.74) is 3.28. The third kappa shape index (κ3) is 3.50. The number of anilines is 1. The van der Waals surface area contributed by atoms with Gasteiger partial charge >= 0.3 is 0 Å². The second-order valence-electron chi connectivity index (χ2n) is 6.07. The number of aryl methyl sites for hydroxylation is 2. The van der Waals surface area contributed by atoms with Gasteiger partial charge in [0.25, 0.3) is 5.91 Å². The lowest BCUT2D eigenvalue weighted by Gasteiger charge is -2.10. The lowest BCUT2D eigenvalue weighted by atomic mass is 10.1. The highest BCUT2D eigenvalue weighted by atomic mass is 79.9. The summed E-state index contributed by atoms with van der Waals surface area (Å²) in [6.07, 6.45) is 0.770. The molecular formula is C19H16BrN5OS. The van der Waals surface area contributed by atoms with E-state index in [2.05, 4.69) is 36.5 Å². The minimum absolute atomic E-state index is 0.150.